The Labute approximate surface area is 125 Å². The molecular formula is C15H22O5S. The molecule has 6 heteroatoms. The lowest BCUT2D eigenvalue weighted by Gasteiger charge is -2.09. The number of hydrogen-bond acceptors (Lipinski definition) is 4. The molecule has 0 saturated carbocycles. The molecule has 0 saturated heterocycles. The average Bonchev–Trinajstić information content (AvgIpc) is 2.37. The molecule has 0 aromatic heterocycles. The van der Waals surface area contributed by atoms with E-state index in [1.54, 1.807) is 6.92 Å². The predicted octanol–water partition coefficient (Wildman–Crippen LogP) is 2.53. The molecule has 0 atom stereocenters. The van der Waals surface area contributed by atoms with Crippen molar-refractivity contribution in [2.45, 2.75) is 32.1 Å². The molecule has 1 rings (SSSR count). The van der Waals surface area contributed by atoms with Crippen LogP contribution in [0.3, 0.4) is 0 Å². The first-order valence-corrected chi connectivity index (χ1v) is 8.53. The van der Waals surface area contributed by atoms with Gasteiger partial charge in [0.1, 0.15) is 0 Å². The molecule has 1 aromatic rings. The Morgan fingerprint density at radius 3 is 2.52 bits per heavy atom. The zero-order valence-corrected chi connectivity index (χ0v) is 13.4. The van der Waals surface area contributed by atoms with Crippen LogP contribution in [0.4, 0.5) is 0 Å². The van der Waals surface area contributed by atoms with Crippen LogP contribution in [0, 0.1) is 12.8 Å². The minimum absolute atomic E-state index is 0.0109. The van der Waals surface area contributed by atoms with E-state index in [4.69, 9.17) is 9.84 Å². The van der Waals surface area contributed by atoms with E-state index < -0.39 is 15.8 Å². The van der Waals surface area contributed by atoms with Crippen molar-refractivity contribution in [3.8, 4) is 0 Å². The Bertz CT molecular complexity index is 590. The fraction of sp³-hybridized carbons (Fsp3) is 0.533. The number of carboxylic acid groups (broad SMARTS) is 1. The van der Waals surface area contributed by atoms with Crippen LogP contribution in [-0.2, 0) is 14.6 Å². The van der Waals surface area contributed by atoms with Crippen molar-refractivity contribution in [3.05, 3.63) is 29.3 Å². The van der Waals surface area contributed by atoms with Crippen LogP contribution in [0.25, 0.3) is 0 Å². The van der Waals surface area contributed by atoms with Crippen LogP contribution >= 0.6 is 0 Å². The number of aromatic carboxylic acids is 1. The highest BCUT2D eigenvalue weighted by Gasteiger charge is 2.17. The third-order valence-corrected chi connectivity index (χ3v) is 4.81. The fourth-order valence-corrected chi connectivity index (χ4v) is 2.88. The number of benzene rings is 1. The molecule has 21 heavy (non-hydrogen) atoms. The van der Waals surface area contributed by atoms with Crippen molar-refractivity contribution in [1.82, 2.24) is 0 Å². The quantitative estimate of drug-likeness (QED) is 0.746. The summed E-state index contributed by atoms with van der Waals surface area (Å²) in [7, 11) is -3.52. The lowest BCUT2D eigenvalue weighted by Crippen LogP contribution is -2.14. The summed E-state index contributed by atoms with van der Waals surface area (Å²) >= 11 is 0. The summed E-state index contributed by atoms with van der Waals surface area (Å²) in [6.45, 7) is 6.42. The Morgan fingerprint density at radius 1 is 1.29 bits per heavy atom. The molecule has 118 valence electrons. The normalized spacial score (nSPS) is 11.8. The van der Waals surface area contributed by atoms with Crippen LogP contribution in [0.5, 0.6) is 0 Å². The average molecular weight is 314 g/mol. The third kappa shape index (κ3) is 5.47. The Morgan fingerprint density at radius 2 is 1.95 bits per heavy atom. The highest BCUT2D eigenvalue weighted by atomic mass is 32.2. The Hall–Kier alpha value is -1.40. The predicted molar refractivity (Wildman–Crippen MR) is 80.5 cm³/mol. The van der Waals surface area contributed by atoms with E-state index in [1.165, 1.54) is 18.2 Å². The zero-order valence-electron chi connectivity index (χ0n) is 12.6. The summed E-state index contributed by atoms with van der Waals surface area (Å²) in [5, 5.41) is 9.03. The van der Waals surface area contributed by atoms with E-state index in [2.05, 4.69) is 13.8 Å². The van der Waals surface area contributed by atoms with E-state index in [1.807, 2.05) is 0 Å². The molecule has 0 aliphatic heterocycles. The van der Waals surface area contributed by atoms with E-state index >= 15 is 0 Å². The first-order valence-electron chi connectivity index (χ1n) is 6.88. The molecule has 0 amide bonds. The topological polar surface area (TPSA) is 80.7 Å². The lowest BCUT2D eigenvalue weighted by atomic mass is 10.1. The zero-order chi connectivity index (χ0) is 16.0. The van der Waals surface area contributed by atoms with Gasteiger partial charge in [-0.1, -0.05) is 19.9 Å². The van der Waals surface area contributed by atoms with Crippen LogP contribution in [0.1, 0.15) is 36.2 Å². The van der Waals surface area contributed by atoms with Gasteiger partial charge in [0, 0.05) is 6.61 Å². The summed E-state index contributed by atoms with van der Waals surface area (Å²) in [5.41, 5.74) is 0.548. The second kappa shape index (κ2) is 7.56. The van der Waals surface area contributed by atoms with Crippen LogP contribution in [-0.4, -0.2) is 38.5 Å². The largest absolute Gasteiger partial charge is 0.478 e. The van der Waals surface area contributed by atoms with Gasteiger partial charge < -0.3 is 9.84 Å². The van der Waals surface area contributed by atoms with E-state index in [9.17, 15) is 13.2 Å². The molecule has 1 aromatic carbocycles. The van der Waals surface area contributed by atoms with Crippen LogP contribution in [0.2, 0.25) is 0 Å². The first-order chi connectivity index (χ1) is 9.74. The van der Waals surface area contributed by atoms with Gasteiger partial charge in [0.25, 0.3) is 0 Å². The van der Waals surface area contributed by atoms with Crippen LogP contribution in [0.15, 0.2) is 23.1 Å². The van der Waals surface area contributed by atoms with Gasteiger partial charge in [0.05, 0.1) is 22.8 Å². The molecule has 0 radical (unpaired) electrons. The number of ether oxygens (including phenoxy) is 1. The van der Waals surface area contributed by atoms with Gasteiger partial charge in [0.15, 0.2) is 9.84 Å². The van der Waals surface area contributed by atoms with Gasteiger partial charge >= 0.3 is 5.97 Å². The van der Waals surface area contributed by atoms with Gasteiger partial charge in [-0.2, -0.15) is 0 Å². The van der Waals surface area contributed by atoms with Gasteiger partial charge in [-0.15, -0.1) is 0 Å². The number of carboxylic acids is 1. The summed E-state index contributed by atoms with van der Waals surface area (Å²) in [5.74, 6) is -0.762. The van der Waals surface area contributed by atoms with Crippen molar-refractivity contribution in [1.29, 1.82) is 0 Å². The molecular weight excluding hydrogens is 292 g/mol. The maximum absolute atomic E-state index is 12.1. The molecule has 0 bridgehead atoms. The fourth-order valence-electron chi connectivity index (χ4n) is 1.73. The van der Waals surface area contributed by atoms with Crippen molar-refractivity contribution in [2.75, 3.05) is 19.0 Å². The molecule has 0 aliphatic carbocycles. The maximum atomic E-state index is 12.1. The van der Waals surface area contributed by atoms with Crippen molar-refractivity contribution < 1.29 is 23.1 Å². The first kappa shape index (κ1) is 17.7. The molecule has 5 nitrogen and oxygen atoms in total. The summed E-state index contributed by atoms with van der Waals surface area (Å²) in [4.78, 5) is 11.1. The van der Waals surface area contributed by atoms with Crippen molar-refractivity contribution in [2.24, 2.45) is 5.92 Å². The second-order valence-electron chi connectivity index (χ2n) is 5.40. The number of carbonyl (C=O) groups is 1. The van der Waals surface area contributed by atoms with E-state index in [0.29, 0.717) is 18.1 Å². The van der Waals surface area contributed by atoms with Crippen molar-refractivity contribution >= 4 is 15.8 Å². The molecule has 0 heterocycles. The summed E-state index contributed by atoms with van der Waals surface area (Å²) in [6.07, 6.45) is 0.883. The number of hydrogen-bond donors (Lipinski definition) is 1. The molecule has 1 N–H and O–H groups in total. The molecule has 0 aliphatic rings. The number of rotatable bonds is 8. The minimum atomic E-state index is -3.52. The monoisotopic (exact) mass is 314 g/mol. The second-order valence-corrected chi connectivity index (χ2v) is 7.50. The Kier molecular flexibility index (Phi) is 6.36. The maximum Gasteiger partial charge on any atom is 0.335 e. The van der Waals surface area contributed by atoms with Crippen LogP contribution < -0.4 is 0 Å². The van der Waals surface area contributed by atoms with Gasteiger partial charge in [-0.25, -0.2) is 13.2 Å². The third-order valence-electron chi connectivity index (χ3n) is 3.13. The smallest absolute Gasteiger partial charge is 0.335 e. The molecule has 0 unspecified atom stereocenters. The number of aryl methyl sites for hydroxylation is 1. The highest BCUT2D eigenvalue weighted by molar-refractivity contribution is 7.91. The molecule has 0 fully saturated rings. The van der Waals surface area contributed by atoms with E-state index in [-0.39, 0.29) is 22.8 Å². The summed E-state index contributed by atoms with van der Waals surface area (Å²) < 4.78 is 29.6. The van der Waals surface area contributed by atoms with E-state index in [0.717, 1.165) is 6.42 Å². The standard InChI is InChI=1S/C15H22O5S/c1-11(2)6-7-20-8-9-21(18,19)13-5-4-12(3)14(10-13)15(16)17/h4-5,10-11H,6-9H2,1-3H3,(H,16,17). The highest BCUT2D eigenvalue weighted by Crippen LogP contribution is 2.17. The van der Waals surface area contributed by atoms with Crippen molar-refractivity contribution in [3.63, 3.8) is 0 Å². The SMILES string of the molecule is Cc1ccc(S(=O)(=O)CCOCCC(C)C)cc1C(=O)O. The minimum Gasteiger partial charge on any atom is -0.478 e. The van der Waals surface area contributed by atoms with Gasteiger partial charge in [0.2, 0.25) is 0 Å². The summed E-state index contributed by atoms with van der Waals surface area (Å²) in [6, 6.07) is 4.16. The van der Waals surface area contributed by atoms with Gasteiger partial charge in [-0.3, -0.25) is 0 Å². The number of sulfone groups is 1. The Balaban J connectivity index is 2.70. The molecule has 0 spiro atoms. The van der Waals surface area contributed by atoms with Gasteiger partial charge in [-0.05, 0) is 37.0 Å². The lowest BCUT2D eigenvalue weighted by molar-refractivity contribution is 0.0696.